The number of benzene rings is 2. The van der Waals surface area contributed by atoms with Gasteiger partial charge in [-0.15, -0.1) is 0 Å². The van der Waals surface area contributed by atoms with E-state index in [1.165, 1.54) is 11.1 Å². The molecule has 1 unspecified atom stereocenters. The van der Waals surface area contributed by atoms with Gasteiger partial charge in [-0.1, -0.05) is 47.6 Å². The molecule has 2 rings (SSSR count). The van der Waals surface area contributed by atoms with Crippen molar-refractivity contribution in [1.29, 1.82) is 0 Å². The summed E-state index contributed by atoms with van der Waals surface area (Å²) in [6, 6.07) is 5.95. The Morgan fingerprint density at radius 2 is 1.17 bits per heavy atom. The van der Waals surface area contributed by atoms with E-state index in [1.54, 1.807) is 0 Å². The number of carbonyl (C=O) groups excluding carboxylic acids is 1. The molecule has 0 N–H and O–H groups in total. The molecule has 0 aliphatic carbocycles. The van der Waals surface area contributed by atoms with Crippen LogP contribution in [0.4, 0.5) is 0 Å². The van der Waals surface area contributed by atoms with Crippen LogP contribution in [-0.4, -0.2) is 44.2 Å². The third-order valence-corrected chi connectivity index (χ3v) is 6.81. The average molecular weight is 494 g/mol. The molecule has 0 heterocycles. The van der Waals surface area contributed by atoms with Crippen LogP contribution in [0, 0.1) is 45.4 Å². The topological polar surface area (TPSA) is 44.8 Å². The van der Waals surface area contributed by atoms with E-state index in [1.807, 2.05) is 26.0 Å². The molecule has 0 saturated carbocycles. The second-order valence-corrected chi connectivity index (χ2v) is 11.7. The van der Waals surface area contributed by atoms with Gasteiger partial charge in [0.05, 0.1) is 25.1 Å². The molecule has 0 aliphatic rings. The molecular formula is C29H43LiO4P. The van der Waals surface area contributed by atoms with Gasteiger partial charge in [-0.05, 0) is 76.3 Å². The average Bonchev–Trinajstić information content (AvgIpc) is 2.74. The summed E-state index contributed by atoms with van der Waals surface area (Å²) < 4.78 is 18.5. The van der Waals surface area contributed by atoms with Crippen molar-refractivity contribution in [2.75, 3.05) is 19.8 Å². The Kier molecular flexibility index (Phi) is 12.9. The molecule has 2 aromatic rings. The molecule has 0 aliphatic heterocycles. The maximum absolute atomic E-state index is 13.7. The van der Waals surface area contributed by atoms with E-state index in [2.05, 4.69) is 61.5 Å². The molecule has 0 aromatic heterocycles. The normalized spacial score (nSPS) is 11.5. The van der Waals surface area contributed by atoms with Crippen LogP contribution in [0.2, 0.25) is 0 Å². The van der Waals surface area contributed by atoms with Gasteiger partial charge in [0.1, 0.15) is 17.2 Å². The first-order valence-corrected chi connectivity index (χ1v) is 13.4. The fourth-order valence-electron chi connectivity index (χ4n) is 3.59. The Labute approximate surface area is 226 Å². The first-order chi connectivity index (χ1) is 15.9. The van der Waals surface area contributed by atoms with Crippen molar-refractivity contribution in [2.45, 2.75) is 69.2 Å². The van der Waals surface area contributed by atoms with E-state index in [4.69, 9.17) is 14.2 Å². The summed E-state index contributed by atoms with van der Waals surface area (Å²) >= 11 is 0. The number of rotatable bonds is 12. The van der Waals surface area contributed by atoms with Gasteiger partial charge in [-0.3, -0.25) is 4.79 Å². The molecule has 1 atom stereocenters. The zero-order valence-corrected chi connectivity index (χ0v) is 24.7. The van der Waals surface area contributed by atoms with E-state index in [9.17, 15) is 4.79 Å². The minimum absolute atomic E-state index is 0. The van der Waals surface area contributed by atoms with Gasteiger partial charge in [-0.25, -0.2) is 0 Å². The fraction of sp³-hybridized carbons (Fsp3) is 0.552. The van der Waals surface area contributed by atoms with Crippen molar-refractivity contribution in [3.8, 4) is 17.2 Å². The Morgan fingerprint density at radius 1 is 0.714 bits per heavy atom. The Bertz CT molecular complexity index is 966. The summed E-state index contributed by atoms with van der Waals surface area (Å²) in [7, 11) is -0.105. The van der Waals surface area contributed by atoms with E-state index in [0.717, 1.165) is 22.0 Å². The first kappa shape index (κ1) is 31.6. The van der Waals surface area contributed by atoms with Crippen LogP contribution in [0.1, 0.15) is 74.2 Å². The summed E-state index contributed by atoms with van der Waals surface area (Å²) in [5, 5.41) is 0.820. The van der Waals surface area contributed by atoms with E-state index in [-0.39, 0.29) is 33.0 Å². The fourth-order valence-corrected chi connectivity index (χ4v) is 4.86. The standard InChI is InChI=1S/C29H43O4P.Li/c1-17(2)14-31-24-12-25(32-15-18(3)4)28(26(13-24)33-16-19(5)6)34-29(30)27-21(8)11-20(7)22(9)23(27)10;/h11-13,17-19,34H,14-16H2,1-10H3;. The van der Waals surface area contributed by atoms with Gasteiger partial charge in [-0.2, -0.15) is 0 Å². The summed E-state index contributed by atoms with van der Waals surface area (Å²) in [6.45, 7) is 22.7. The van der Waals surface area contributed by atoms with Crippen molar-refractivity contribution in [3.05, 3.63) is 46.0 Å². The molecule has 0 spiro atoms. The minimum atomic E-state index is -0.105. The molecule has 2 aromatic carbocycles. The predicted octanol–water partition coefficient (Wildman–Crippen LogP) is 6.79. The zero-order chi connectivity index (χ0) is 25.6. The van der Waals surface area contributed by atoms with Crippen LogP contribution in [0.15, 0.2) is 18.2 Å². The molecule has 1 radical (unpaired) electrons. The minimum Gasteiger partial charge on any atom is -0.493 e. The van der Waals surface area contributed by atoms with Gasteiger partial charge in [0, 0.05) is 36.6 Å². The smallest absolute Gasteiger partial charge is 0.186 e. The van der Waals surface area contributed by atoms with Crippen LogP contribution in [0.5, 0.6) is 17.2 Å². The number of carbonyl (C=O) groups is 1. The summed E-state index contributed by atoms with van der Waals surface area (Å²) in [4.78, 5) is 13.7. The van der Waals surface area contributed by atoms with Crippen molar-refractivity contribution < 1.29 is 19.0 Å². The van der Waals surface area contributed by atoms with Gasteiger partial charge in [0.2, 0.25) is 0 Å². The third kappa shape index (κ3) is 9.17. The van der Waals surface area contributed by atoms with Crippen molar-refractivity contribution in [3.63, 3.8) is 0 Å². The van der Waals surface area contributed by atoms with Gasteiger partial charge >= 0.3 is 0 Å². The van der Waals surface area contributed by atoms with E-state index >= 15 is 0 Å². The largest absolute Gasteiger partial charge is 0.493 e. The summed E-state index contributed by atoms with van der Waals surface area (Å²) in [6.07, 6.45) is 0. The molecule has 0 bridgehead atoms. The monoisotopic (exact) mass is 493 g/mol. The van der Waals surface area contributed by atoms with Crippen LogP contribution >= 0.6 is 8.58 Å². The summed E-state index contributed by atoms with van der Waals surface area (Å²) in [5.74, 6) is 3.19. The molecule has 0 fully saturated rings. The number of hydrogen-bond donors (Lipinski definition) is 0. The molecular weight excluding hydrogens is 450 g/mol. The van der Waals surface area contributed by atoms with Gasteiger partial charge in [0.25, 0.3) is 0 Å². The summed E-state index contributed by atoms with van der Waals surface area (Å²) in [5.41, 5.74) is 5.38. The van der Waals surface area contributed by atoms with E-state index < -0.39 is 0 Å². The van der Waals surface area contributed by atoms with Gasteiger partial charge in [0.15, 0.2) is 5.52 Å². The van der Waals surface area contributed by atoms with Crippen molar-refractivity contribution in [1.82, 2.24) is 0 Å². The third-order valence-electron chi connectivity index (χ3n) is 5.59. The second kappa shape index (κ2) is 14.3. The van der Waals surface area contributed by atoms with Crippen LogP contribution in [-0.2, 0) is 0 Å². The van der Waals surface area contributed by atoms with E-state index in [0.29, 0.717) is 54.8 Å². The van der Waals surface area contributed by atoms with Crippen LogP contribution in [0.3, 0.4) is 0 Å². The van der Waals surface area contributed by atoms with Gasteiger partial charge < -0.3 is 14.2 Å². The maximum Gasteiger partial charge on any atom is 0.186 e. The first-order valence-electron chi connectivity index (χ1n) is 12.4. The van der Waals surface area contributed by atoms with Crippen LogP contribution < -0.4 is 19.5 Å². The second-order valence-electron chi connectivity index (χ2n) is 10.5. The molecule has 189 valence electrons. The molecule has 35 heavy (non-hydrogen) atoms. The molecule has 6 heteroatoms. The number of aryl methyl sites for hydroxylation is 2. The predicted molar refractivity (Wildman–Crippen MR) is 151 cm³/mol. The Morgan fingerprint density at radius 3 is 1.63 bits per heavy atom. The quantitative estimate of drug-likeness (QED) is 0.241. The Hall–Kier alpha value is -1.46. The molecule has 4 nitrogen and oxygen atoms in total. The number of hydrogen-bond acceptors (Lipinski definition) is 4. The maximum atomic E-state index is 13.7. The Balaban J connectivity index is 0.00000612. The SMILES string of the molecule is Cc1cc(C)c(C(=O)Pc2c(OCC(C)C)cc(OCC(C)C)cc2OCC(C)C)c(C)c1C.[Li]. The molecule has 0 amide bonds. The number of ether oxygens (including phenoxy) is 3. The van der Waals surface area contributed by atoms with Crippen molar-refractivity contribution in [2.24, 2.45) is 17.8 Å². The van der Waals surface area contributed by atoms with Crippen LogP contribution in [0.25, 0.3) is 0 Å². The van der Waals surface area contributed by atoms with Crippen molar-refractivity contribution >= 4 is 38.3 Å². The molecule has 0 saturated heterocycles. The zero-order valence-electron chi connectivity index (χ0n) is 23.7.